The van der Waals surface area contributed by atoms with Crippen molar-refractivity contribution < 1.29 is 8.42 Å². The molecular weight excluding hydrogens is 274 g/mol. The van der Waals surface area contributed by atoms with Gasteiger partial charge in [-0.05, 0) is 58.3 Å². The van der Waals surface area contributed by atoms with Crippen LogP contribution in [0.3, 0.4) is 0 Å². The van der Waals surface area contributed by atoms with E-state index in [2.05, 4.69) is 35.8 Å². The zero-order chi connectivity index (χ0) is 15.0. The van der Waals surface area contributed by atoms with Crippen LogP contribution in [0.2, 0.25) is 0 Å². The predicted octanol–water partition coefficient (Wildman–Crippen LogP) is 1.03. The second-order valence-corrected chi connectivity index (χ2v) is 7.90. The zero-order valence-corrected chi connectivity index (χ0v) is 14.0. The Labute approximate surface area is 124 Å². The molecule has 1 fully saturated rings. The summed E-state index contributed by atoms with van der Waals surface area (Å²) in [6, 6.07) is 0.106. The van der Waals surface area contributed by atoms with E-state index in [-0.39, 0.29) is 11.8 Å². The Balaban J connectivity index is 2.23. The Bertz CT molecular complexity index is 359. The first kappa shape index (κ1) is 17.9. The molecule has 6 heteroatoms. The summed E-state index contributed by atoms with van der Waals surface area (Å²) in [5, 5.41) is 3.29. The summed E-state index contributed by atoms with van der Waals surface area (Å²) in [5.74, 6) is 0.634. The van der Waals surface area contributed by atoms with Gasteiger partial charge in [0.15, 0.2) is 0 Å². The minimum Gasteiger partial charge on any atom is -0.317 e. The van der Waals surface area contributed by atoms with Crippen LogP contribution in [0, 0.1) is 5.92 Å². The summed E-state index contributed by atoms with van der Waals surface area (Å²) < 4.78 is 27.0. The number of nitrogens with zero attached hydrogens (tertiary/aromatic N) is 1. The number of nitrogens with one attached hydrogen (secondary N) is 2. The van der Waals surface area contributed by atoms with Gasteiger partial charge in [-0.25, -0.2) is 13.1 Å². The fourth-order valence-electron chi connectivity index (χ4n) is 2.66. The maximum atomic E-state index is 12.1. The van der Waals surface area contributed by atoms with Crippen molar-refractivity contribution in [3.8, 4) is 0 Å². The Hall–Kier alpha value is -0.170. The minimum atomic E-state index is -3.12. The highest BCUT2D eigenvalue weighted by Gasteiger charge is 2.27. The molecule has 0 aromatic heterocycles. The number of unbranched alkanes of at least 4 members (excludes halogenated alkanes) is 1. The van der Waals surface area contributed by atoms with Gasteiger partial charge in [0.1, 0.15) is 0 Å². The highest BCUT2D eigenvalue weighted by atomic mass is 32.2. The molecule has 0 aromatic rings. The summed E-state index contributed by atoms with van der Waals surface area (Å²) in [5.41, 5.74) is 0. The number of rotatable bonds is 9. The molecule has 0 radical (unpaired) electrons. The van der Waals surface area contributed by atoms with Crippen molar-refractivity contribution in [1.29, 1.82) is 0 Å². The number of hydrogen-bond acceptors (Lipinski definition) is 4. The van der Waals surface area contributed by atoms with Crippen LogP contribution in [-0.4, -0.2) is 58.3 Å². The monoisotopic (exact) mass is 305 g/mol. The second kappa shape index (κ2) is 8.97. The maximum Gasteiger partial charge on any atom is 0.211 e. The van der Waals surface area contributed by atoms with E-state index in [9.17, 15) is 8.42 Å². The summed E-state index contributed by atoms with van der Waals surface area (Å²) in [7, 11) is -1.03. The van der Waals surface area contributed by atoms with Gasteiger partial charge >= 0.3 is 0 Å². The molecular formula is C14H31N3O2S. The van der Waals surface area contributed by atoms with Crippen LogP contribution < -0.4 is 10.0 Å². The van der Waals surface area contributed by atoms with E-state index in [0.29, 0.717) is 5.92 Å². The smallest absolute Gasteiger partial charge is 0.211 e. The van der Waals surface area contributed by atoms with Gasteiger partial charge in [-0.15, -0.1) is 0 Å². The van der Waals surface area contributed by atoms with Crippen molar-refractivity contribution in [3.63, 3.8) is 0 Å². The molecule has 120 valence electrons. The average molecular weight is 305 g/mol. The third kappa shape index (κ3) is 7.02. The predicted molar refractivity (Wildman–Crippen MR) is 84.4 cm³/mol. The number of sulfonamides is 1. The first-order chi connectivity index (χ1) is 9.44. The molecule has 0 bridgehead atoms. The molecule has 5 nitrogen and oxygen atoms in total. The topological polar surface area (TPSA) is 61.4 Å². The SMILES string of the molecule is CCCNCCCCS(=O)(=O)NC1CCN(C)CC1C. The highest BCUT2D eigenvalue weighted by molar-refractivity contribution is 7.89. The van der Waals surface area contributed by atoms with Crippen LogP contribution in [-0.2, 0) is 10.0 Å². The summed E-state index contributed by atoms with van der Waals surface area (Å²) >= 11 is 0. The molecule has 0 saturated carbocycles. The molecule has 1 saturated heterocycles. The van der Waals surface area contributed by atoms with E-state index in [1.165, 1.54) is 0 Å². The summed E-state index contributed by atoms with van der Waals surface area (Å²) in [6.45, 7) is 8.11. The molecule has 1 heterocycles. The van der Waals surface area contributed by atoms with Crippen molar-refractivity contribution in [2.45, 2.75) is 45.6 Å². The fraction of sp³-hybridized carbons (Fsp3) is 1.00. The van der Waals surface area contributed by atoms with Crippen LogP contribution in [0.4, 0.5) is 0 Å². The Morgan fingerprint density at radius 1 is 1.25 bits per heavy atom. The molecule has 2 N–H and O–H groups in total. The first-order valence-electron chi connectivity index (χ1n) is 7.84. The normalized spacial score (nSPS) is 24.9. The Kier molecular flexibility index (Phi) is 8.02. The maximum absolute atomic E-state index is 12.1. The van der Waals surface area contributed by atoms with Gasteiger partial charge in [0.05, 0.1) is 5.75 Å². The van der Waals surface area contributed by atoms with E-state index < -0.39 is 10.0 Å². The Morgan fingerprint density at radius 3 is 2.65 bits per heavy atom. The third-order valence-corrected chi connectivity index (χ3v) is 5.37. The molecule has 0 aromatic carbocycles. The zero-order valence-electron chi connectivity index (χ0n) is 13.2. The molecule has 0 spiro atoms. The van der Waals surface area contributed by atoms with Crippen molar-refractivity contribution >= 4 is 10.0 Å². The van der Waals surface area contributed by atoms with Crippen LogP contribution in [0.15, 0.2) is 0 Å². The largest absolute Gasteiger partial charge is 0.317 e. The van der Waals surface area contributed by atoms with Crippen molar-refractivity contribution in [3.05, 3.63) is 0 Å². The standard InChI is InChI=1S/C14H31N3O2S/c1-4-8-15-9-5-6-11-20(18,19)16-14-7-10-17(3)12-13(14)2/h13-16H,4-12H2,1-3H3. The lowest BCUT2D eigenvalue weighted by Crippen LogP contribution is -2.49. The van der Waals surface area contributed by atoms with Crippen molar-refractivity contribution in [2.24, 2.45) is 5.92 Å². The molecule has 1 aliphatic rings. The second-order valence-electron chi connectivity index (χ2n) is 6.03. The lowest BCUT2D eigenvalue weighted by atomic mass is 9.95. The van der Waals surface area contributed by atoms with Gasteiger partial charge in [0.25, 0.3) is 0 Å². The molecule has 2 atom stereocenters. The van der Waals surface area contributed by atoms with Crippen LogP contribution in [0.5, 0.6) is 0 Å². The van der Waals surface area contributed by atoms with E-state index in [1.807, 2.05) is 0 Å². The van der Waals surface area contributed by atoms with Crippen LogP contribution in [0.1, 0.15) is 39.5 Å². The van der Waals surface area contributed by atoms with E-state index in [1.54, 1.807) is 0 Å². The van der Waals surface area contributed by atoms with Crippen LogP contribution in [0.25, 0.3) is 0 Å². The third-order valence-electron chi connectivity index (χ3n) is 3.88. The molecule has 20 heavy (non-hydrogen) atoms. The highest BCUT2D eigenvalue weighted by Crippen LogP contribution is 2.16. The van der Waals surface area contributed by atoms with Gasteiger partial charge in [-0.1, -0.05) is 13.8 Å². The van der Waals surface area contributed by atoms with E-state index >= 15 is 0 Å². The van der Waals surface area contributed by atoms with Crippen molar-refractivity contribution in [1.82, 2.24) is 14.9 Å². The molecule has 0 aliphatic carbocycles. The van der Waals surface area contributed by atoms with Gasteiger partial charge in [0.2, 0.25) is 10.0 Å². The lowest BCUT2D eigenvalue weighted by Gasteiger charge is -2.34. The molecule has 1 aliphatic heterocycles. The lowest BCUT2D eigenvalue weighted by molar-refractivity contribution is 0.188. The van der Waals surface area contributed by atoms with Gasteiger partial charge < -0.3 is 10.2 Å². The van der Waals surface area contributed by atoms with Crippen LogP contribution >= 0.6 is 0 Å². The Morgan fingerprint density at radius 2 is 2.00 bits per heavy atom. The number of likely N-dealkylation sites (tertiary alicyclic amines) is 1. The fourth-order valence-corrected chi connectivity index (χ4v) is 4.18. The first-order valence-corrected chi connectivity index (χ1v) is 9.49. The van der Waals surface area contributed by atoms with Crippen molar-refractivity contribution in [2.75, 3.05) is 39.0 Å². The van der Waals surface area contributed by atoms with Gasteiger partial charge in [-0.3, -0.25) is 0 Å². The average Bonchev–Trinajstić information content (AvgIpc) is 2.37. The molecule has 2 unspecified atom stereocenters. The number of piperidine rings is 1. The minimum absolute atomic E-state index is 0.106. The molecule has 1 rings (SSSR count). The van der Waals surface area contributed by atoms with E-state index in [4.69, 9.17) is 0 Å². The van der Waals surface area contributed by atoms with Gasteiger partial charge in [0, 0.05) is 12.6 Å². The van der Waals surface area contributed by atoms with E-state index in [0.717, 1.165) is 51.9 Å². The summed E-state index contributed by atoms with van der Waals surface area (Å²) in [6.07, 6.45) is 3.68. The number of hydrogen-bond donors (Lipinski definition) is 2. The molecule has 0 amide bonds. The summed E-state index contributed by atoms with van der Waals surface area (Å²) in [4.78, 5) is 2.26. The quantitative estimate of drug-likeness (QED) is 0.625. The van der Waals surface area contributed by atoms with Gasteiger partial charge in [-0.2, -0.15) is 0 Å².